The van der Waals surface area contributed by atoms with Gasteiger partial charge in [-0.05, 0) is 36.1 Å². The van der Waals surface area contributed by atoms with Gasteiger partial charge in [-0.1, -0.05) is 12.8 Å². The average molecular weight is 282 g/mol. The van der Waals surface area contributed by atoms with Gasteiger partial charge in [0.2, 0.25) is 0 Å². The van der Waals surface area contributed by atoms with Crippen LogP contribution in [-0.4, -0.2) is 25.3 Å². The molecule has 2 rings (SSSR count). The summed E-state index contributed by atoms with van der Waals surface area (Å²) in [6, 6.07) is 2.84. The Hall–Kier alpha value is -1.62. The highest BCUT2D eigenvalue weighted by Gasteiger charge is 2.44. The second kappa shape index (κ2) is 5.79. The maximum Gasteiger partial charge on any atom is 0.314 e. The van der Waals surface area contributed by atoms with Crippen LogP contribution in [0.2, 0.25) is 0 Å². The number of methoxy groups -OCH3 is 2. The predicted molar refractivity (Wildman–Crippen MR) is 71.4 cm³/mol. The topological polar surface area (TPSA) is 55.8 Å². The molecule has 0 heterocycles. The Morgan fingerprint density at radius 1 is 1.35 bits per heavy atom. The molecule has 110 valence electrons. The minimum atomic E-state index is -0.999. The van der Waals surface area contributed by atoms with Crippen LogP contribution < -0.4 is 4.74 Å². The van der Waals surface area contributed by atoms with Crippen LogP contribution in [0.3, 0.4) is 0 Å². The van der Waals surface area contributed by atoms with Crippen LogP contribution in [0.15, 0.2) is 12.1 Å². The molecule has 0 saturated heterocycles. The molecule has 0 unspecified atom stereocenters. The number of halogens is 1. The predicted octanol–water partition coefficient (Wildman–Crippen LogP) is 2.88. The van der Waals surface area contributed by atoms with Gasteiger partial charge in [0.15, 0.2) is 11.6 Å². The van der Waals surface area contributed by atoms with E-state index in [0.29, 0.717) is 24.0 Å². The van der Waals surface area contributed by atoms with Gasteiger partial charge in [-0.2, -0.15) is 0 Å². The van der Waals surface area contributed by atoms with Crippen LogP contribution in [0, 0.1) is 5.82 Å². The SMILES string of the molecule is COCc1cc(OC)c(F)cc1C1(C(=O)O)CCCC1. The van der Waals surface area contributed by atoms with Crippen molar-refractivity contribution < 1.29 is 23.8 Å². The Morgan fingerprint density at radius 3 is 2.50 bits per heavy atom. The molecule has 0 aliphatic heterocycles. The lowest BCUT2D eigenvalue weighted by atomic mass is 9.76. The van der Waals surface area contributed by atoms with Crippen molar-refractivity contribution in [3.63, 3.8) is 0 Å². The Labute approximate surface area is 117 Å². The molecule has 1 aliphatic rings. The number of carboxylic acid groups (broad SMARTS) is 1. The van der Waals surface area contributed by atoms with Gasteiger partial charge < -0.3 is 14.6 Å². The maximum absolute atomic E-state index is 14.0. The highest BCUT2D eigenvalue weighted by atomic mass is 19.1. The molecule has 0 spiro atoms. The van der Waals surface area contributed by atoms with E-state index in [4.69, 9.17) is 9.47 Å². The molecule has 1 fully saturated rings. The summed E-state index contributed by atoms with van der Waals surface area (Å²) in [5.41, 5.74) is 0.193. The summed E-state index contributed by atoms with van der Waals surface area (Å²) in [5, 5.41) is 9.63. The van der Waals surface area contributed by atoms with Gasteiger partial charge in [-0.25, -0.2) is 4.39 Å². The van der Waals surface area contributed by atoms with Crippen LogP contribution in [0.25, 0.3) is 0 Å². The van der Waals surface area contributed by atoms with E-state index in [1.807, 2.05) is 0 Å². The summed E-state index contributed by atoms with van der Waals surface area (Å²) in [4.78, 5) is 11.8. The molecular weight excluding hydrogens is 263 g/mol. The van der Waals surface area contributed by atoms with Crippen LogP contribution in [0.5, 0.6) is 5.75 Å². The first kappa shape index (κ1) is 14.8. The van der Waals surface area contributed by atoms with E-state index in [2.05, 4.69) is 0 Å². The first-order valence-corrected chi connectivity index (χ1v) is 6.64. The molecule has 1 N–H and O–H groups in total. The Morgan fingerprint density at radius 2 is 2.00 bits per heavy atom. The van der Waals surface area contributed by atoms with Crippen LogP contribution in [0.4, 0.5) is 4.39 Å². The summed E-state index contributed by atoms with van der Waals surface area (Å²) in [7, 11) is 2.92. The van der Waals surface area contributed by atoms with Crippen LogP contribution in [-0.2, 0) is 21.6 Å². The number of hydrogen-bond donors (Lipinski definition) is 1. The van der Waals surface area contributed by atoms with Gasteiger partial charge in [0.25, 0.3) is 0 Å². The van der Waals surface area contributed by atoms with Crippen molar-refractivity contribution in [2.75, 3.05) is 14.2 Å². The molecule has 5 heteroatoms. The molecular formula is C15H19FO4. The summed E-state index contributed by atoms with van der Waals surface area (Å²) >= 11 is 0. The van der Waals surface area contributed by atoms with Crippen molar-refractivity contribution in [3.8, 4) is 5.75 Å². The van der Waals surface area contributed by atoms with E-state index in [1.165, 1.54) is 26.4 Å². The Bertz CT molecular complexity index is 507. The zero-order chi connectivity index (χ0) is 14.8. The quantitative estimate of drug-likeness (QED) is 0.902. The second-order valence-corrected chi connectivity index (χ2v) is 5.17. The van der Waals surface area contributed by atoms with E-state index in [-0.39, 0.29) is 12.4 Å². The van der Waals surface area contributed by atoms with Crippen LogP contribution >= 0.6 is 0 Å². The van der Waals surface area contributed by atoms with Crippen LogP contribution in [0.1, 0.15) is 36.8 Å². The van der Waals surface area contributed by atoms with E-state index < -0.39 is 17.2 Å². The number of benzene rings is 1. The van der Waals surface area contributed by atoms with Crippen molar-refractivity contribution in [2.24, 2.45) is 0 Å². The van der Waals surface area contributed by atoms with E-state index in [1.54, 1.807) is 0 Å². The average Bonchev–Trinajstić information content (AvgIpc) is 2.91. The molecule has 1 aromatic rings. The number of aliphatic carboxylic acids is 1. The normalized spacial score (nSPS) is 17.1. The molecule has 0 atom stereocenters. The monoisotopic (exact) mass is 282 g/mol. The van der Waals surface area contributed by atoms with Crippen molar-refractivity contribution in [1.82, 2.24) is 0 Å². The fourth-order valence-corrected chi connectivity index (χ4v) is 3.05. The largest absolute Gasteiger partial charge is 0.494 e. The Kier molecular flexibility index (Phi) is 4.28. The third-order valence-electron chi connectivity index (χ3n) is 4.06. The number of hydrogen-bond acceptors (Lipinski definition) is 3. The zero-order valence-electron chi connectivity index (χ0n) is 11.7. The van der Waals surface area contributed by atoms with E-state index in [0.717, 1.165) is 12.8 Å². The smallest absolute Gasteiger partial charge is 0.314 e. The number of carbonyl (C=O) groups is 1. The lowest BCUT2D eigenvalue weighted by Gasteiger charge is -2.27. The van der Waals surface area contributed by atoms with Gasteiger partial charge in [-0.3, -0.25) is 4.79 Å². The van der Waals surface area contributed by atoms with Crippen molar-refractivity contribution in [1.29, 1.82) is 0 Å². The second-order valence-electron chi connectivity index (χ2n) is 5.17. The molecule has 0 radical (unpaired) electrons. The number of ether oxygens (including phenoxy) is 2. The van der Waals surface area contributed by atoms with E-state index >= 15 is 0 Å². The fourth-order valence-electron chi connectivity index (χ4n) is 3.05. The molecule has 1 aromatic carbocycles. The highest BCUT2D eigenvalue weighted by Crippen LogP contribution is 2.44. The lowest BCUT2D eigenvalue weighted by Crippen LogP contribution is -2.34. The minimum absolute atomic E-state index is 0.110. The lowest BCUT2D eigenvalue weighted by molar-refractivity contribution is -0.143. The molecule has 0 aromatic heterocycles. The van der Waals surface area contributed by atoms with Crippen molar-refractivity contribution in [2.45, 2.75) is 37.7 Å². The summed E-state index contributed by atoms with van der Waals surface area (Å²) in [6.07, 6.45) is 2.74. The summed E-state index contributed by atoms with van der Waals surface area (Å²) in [5.74, 6) is -1.31. The van der Waals surface area contributed by atoms with Gasteiger partial charge in [0, 0.05) is 7.11 Å². The van der Waals surface area contributed by atoms with Crippen molar-refractivity contribution >= 4 is 5.97 Å². The minimum Gasteiger partial charge on any atom is -0.494 e. The first-order valence-electron chi connectivity index (χ1n) is 6.64. The Balaban J connectivity index is 2.58. The molecule has 1 saturated carbocycles. The first-order chi connectivity index (χ1) is 9.55. The number of rotatable bonds is 5. The standard InChI is InChI=1S/C15H19FO4/c1-19-9-10-7-13(20-2)12(16)8-11(10)15(14(17)18)5-3-4-6-15/h7-8H,3-6,9H2,1-2H3,(H,17,18). The summed E-state index contributed by atoms with van der Waals surface area (Å²) < 4.78 is 24.1. The van der Waals surface area contributed by atoms with Gasteiger partial charge in [-0.15, -0.1) is 0 Å². The third kappa shape index (κ3) is 2.38. The number of carboxylic acids is 1. The summed E-state index contributed by atoms with van der Waals surface area (Å²) in [6.45, 7) is 0.237. The van der Waals surface area contributed by atoms with Crippen molar-refractivity contribution in [3.05, 3.63) is 29.1 Å². The van der Waals surface area contributed by atoms with Gasteiger partial charge >= 0.3 is 5.97 Å². The molecule has 4 nitrogen and oxygen atoms in total. The molecule has 1 aliphatic carbocycles. The molecule has 0 bridgehead atoms. The zero-order valence-corrected chi connectivity index (χ0v) is 11.7. The maximum atomic E-state index is 14.0. The van der Waals surface area contributed by atoms with E-state index in [9.17, 15) is 14.3 Å². The molecule has 20 heavy (non-hydrogen) atoms. The van der Waals surface area contributed by atoms with Gasteiger partial charge in [0.05, 0.1) is 19.1 Å². The highest BCUT2D eigenvalue weighted by molar-refractivity contribution is 5.82. The fraction of sp³-hybridized carbons (Fsp3) is 0.533. The third-order valence-corrected chi connectivity index (χ3v) is 4.06. The van der Waals surface area contributed by atoms with Gasteiger partial charge in [0.1, 0.15) is 0 Å². The molecule has 0 amide bonds.